The fourth-order valence-corrected chi connectivity index (χ4v) is 2.98. The third-order valence-electron chi connectivity index (χ3n) is 3.42. The van der Waals surface area contributed by atoms with Crippen LogP contribution in [0.4, 0.5) is 0 Å². The molecule has 3 heteroatoms. The van der Waals surface area contributed by atoms with Gasteiger partial charge in [-0.15, -0.1) is 0 Å². The molecule has 0 bridgehead atoms. The Kier molecular flexibility index (Phi) is 2.56. The summed E-state index contributed by atoms with van der Waals surface area (Å²) < 4.78 is 5.91. The minimum Gasteiger partial charge on any atom is -0.490 e. The van der Waals surface area contributed by atoms with Crippen molar-refractivity contribution in [3.63, 3.8) is 0 Å². The van der Waals surface area contributed by atoms with Gasteiger partial charge in [0.05, 0.1) is 0 Å². The molecule has 2 aliphatic heterocycles. The van der Waals surface area contributed by atoms with Gasteiger partial charge >= 0.3 is 0 Å². The Morgan fingerprint density at radius 2 is 2.31 bits per heavy atom. The van der Waals surface area contributed by atoms with E-state index in [0.717, 1.165) is 23.7 Å². The van der Waals surface area contributed by atoms with Crippen LogP contribution < -0.4 is 10.1 Å². The second kappa shape index (κ2) is 3.94. The van der Waals surface area contributed by atoms with Crippen LogP contribution in [0.15, 0.2) is 12.1 Å². The van der Waals surface area contributed by atoms with Crippen molar-refractivity contribution in [1.82, 2.24) is 5.32 Å². The van der Waals surface area contributed by atoms with Crippen LogP contribution in [0.25, 0.3) is 0 Å². The zero-order valence-corrected chi connectivity index (χ0v) is 10.2. The Bertz CT molecular complexity index is 413. The van der Waals surface area contributed by atoms with Crippen molar-refractivity contribution in [2.24, 2.45) is 0 Å². The van der Waals surface area contributed by atoms with E-state index in [9.17, 15) is 0 Å². The van der Waals surface area contributed by atoms with Crippen molar-refractivity contribution in [2.75, 3.05) is 6.54 Å². The van der Waals surface area contributed by atoms with Crippen molar-refractivity contribution in [1.29, 1.82) is 0 Å². The van der Waals surface area contributed by atoms with Crippen LogP contribution in [0.2, 0.25) is 5.02 Å². The van der Waals surface area contributed by atoms with Gasteiger partial charge in [0.1, 0.15) is 11.9 Å². The first-order valence-electron chi connectivity index (χ1n) is 5.96. The Morgan fingerprint density at radius 1 is 1.44 bits per heavy atom. The molecule has 86 valence electrons. The zero-order chi connectivity index (χ0) is 11.1. The number of halogens is 1. The first-order chi connectivity index (χ1) is 7.74. The highest BCUT2D eigenvalue weighted by molar-refractivity contribution is 6.30. The minimum atomic E-state index is 0.286. The lowest BCUT2D eigenvalue weighted by molar-refractivity contribution is 0.251. The van der Waals surface area contributed by atoms with Crippen molar-refractivity contribution >= 4 is 11.6 Å². The quantitative estimate of drug-likeness (QED) is 0.811. The normalized spacial score (nSPS) is 27.9. The Labute approximate surface area is 101 Å². The summed E-state index contributed by atoms with van der Waals surface area (Å²) in [7, 11) is 0. The summed E-state index contributed by atoms with van der Waals surface area (Å²) in [5, 5.41) is 4.34. The molecule has 0 aliphatic carbocycles. The van der Waals surface area contributed by atoms with Crippen LogP contribution in [-0.2, 0) is 6.42 Å². The minimum absolute atomic E-state index is 0.286. The predicted octanol–water partition coefficient (Wildman–Crippen LogP) is 3.09. The molecule has 0 aromatic heterocycles. The summed E-state index contributed by atoms with van der Waals surface area (Å²) in [6.45, 7) is 3.21. The van der Waals surface area contributed by atoms with Gasteiger partial charge in [-0.2, -0.15) is 0 Å². The molecule has 2 nitrogen and oxygen atoms in total. The fourth-order valence-electron chi connectivity index (χ4n) is 2.73. The van der Waals surface area contributed by atoms with E-state index in [0.29, 0.717) is 6.04 Å². The van der Waals surface area contributed by atoms with Gasteiger partial charge in [-0.25, -0.2) is 0 Å². The van der Waals surface area contributed by atoms with Gasteiger partial charge in [0.2, 0.25) is 0 Å². The molecule has 1 saturated heterocycles. The molecule has 0 radical (unpaired) electrons. The summed E-state index contributed by atoms with van der Waals surface area (Å²) in [5.41, 5.74) is 2.52. The first-order valence-corrected chi connectivity index (χ1v) is 6.34. The number of ether oxygens (including phenoxy) is 1. The molecule has 2 aliphatic rings. The number of nitrogens with one attached hydrogen (secondary N) is 1. The SMILES string of the molecule is CC1Cc2cc(Cl)cc(C3CCCN3)c2O1. The maximum absolute atomic E-state index is 6.17. The van der Waals surface area contributed by atoms with Crippen LogP contribution in [0.3, 0.4) is 0 Å². The molecule has 0 spiro atoms. The van der Waals surface area contributed by atoms with E-state index >= 15 is 0 Å². The molecule has 0 amide bonds. The van der Waals surface area contributed by atoms with Gasteiger partial charge in [0, 0.05) is 23.0 Å². The summed E-state index contributed by atoms with van der Waals surface area (Å²) in [6, 6.07) is 4.53. The van der Waals surface area contributed by atoms with Crippen LogP contribution in [0.5, 0.6) is 5.75 Å². The largest absolute Gasteiger partial charge is 0.490 e. The molecule has 2 heterocycles. The molecular weight excluding hydrogens is 222 g/mol. The van der Waals surface area contributed by atoms with Crippen molar-refractivity contribution in [3.05, 3.63) is 28.3 Å². The highest BCUT2D eigenvalue weighted by atomic mass is 35.5. The second-order valence-electron chi connectivity index (χ2n) is 4.76. The van der Waals surface area contributed by atoms with Gasteiger partial charge in [0.15, 0.2) is 0 Å². The topological polar surface area (TPSA) is 21.3 Å². The smallest absolute Gasteiger partial charge is 0.127 e. The molecule has 1 N–H and O–H groups in total. The van der Waals surface area contributed by atoms with Crippen LogP contribution in [-0.4, -0.2) is 12.6 Å². The number of rotatable bonds is 1. The summed E-state index contributed by atoms with van der Waals surface area (Å²) >= 11 is 6.17. The highest BCUT2D eigenvalue weighted by Crippen LogP contribution is 2.40. The van der Waals surface area contributed by atoms with Crippen LogP contribution in [0, 0.1) is 0 Å². The van der Waals surface area contributed by atoms with Gasteiger partial charge in [-0.05, 0) is 44.0 Å². The number of hydrogen-bond donors (Lipinski definition) is 1. The Balaban J connectivity index is 2.04. The zero-order valence-electron chi connectivity index (χ0n) is 9.42. The number of benzene rings is 1. The lowest BCUT2D eigenvalue weighted by Gasteiger charge is -2.16. The molecule has 2 unspecified atom stereocenters. The van der Waals surface area contributed by atoms with E-state index < -0.39 is 0 Å². The van der Waals surface area contributed by atoms with E-state index in [1.165, 1.54) is 24.0 Å². The third kappa shape index (κ3) is 1.70. The summed E-state index contributed by atoms with van der Waals surface area (Å²) in [6.07, 6.45) is 3.69. The Morgan fingerprint density at radius 3 is 3.06 bits per heavy atom. The number of hydrogen-bond acceptors (Lipinski definition) is 2. The third-order valence-corrected chi connectivity index (χ3v) is 3.64. The van der Waals surface area contributed by atoms with Crippen molar-refractivity contribution < 1.29 is 4.74 Å². The van der Waals surface area contributed by atoms with Gasteiger partial charge in [-0.1, -0.05) is 11.6 Å². The lowest BCUT2D eigenvalue weighted by atomic mass is 10.0. The molecule has 3 rings (SSSR count). The first kappa shape index (κ1) is 10.4. The second-order valence-corrected chi connectivity index (χ2v) is 5.20. The molecule has 1 aromatic rings. The summed E-state index contributed by atoms with van der Waals surface area (Å²) in [4.78, 5) is 0. The number of fused-ring (bicyclic) bond motifs is 1. The standard InChI is InChI=1S/C13H16ClNO/c1-8-5-9-6-10(14)7-11(13(9)16-8)12-3-2-4-15-12/h6-8,12,15H,2-5H2,1H3. The Hall–Kier alpha value is -0.730. The molecular formula is C13H16ClNO. The van der Waals surface area contributed by atoms with Crippen LogP contribution in [0.1, 0.15) is 36.9 Å². The van der Waals surface area contributed by atoms with E-state index in [1.807, 2.05) is 6.07 Å². The fraction of sp³-hybridized carbons (Fsp3) is 0.538. The average Bonchev–Trinajstić information content (AvgIpc) is 2.83. The van der Waals surface area contributed by atoms with Gasteiger partial charge in [-0.3, -0.25) is 0 Å². The van der Waals surface area contributed by atoms with Crippen molar-refractivity contribution in [3.8, 4) is 5.75 Å². The monoisotopic (exact) mass is 237 g/mol. The molecule has 1 fully saturated rings. The van der Waals surface area contributed by atoms with E-state index in [1.54, 1.807) is 0 Å². The van der Waals surface area contributed by atoms with E-state index in [-0.39, 0.29) is 6.10 Å². The maximum Gasteiger partial charge on any atom is 0.127 e. The highest BCUT2D eigenvalue weighted by Gasteiger charge is 2.27. The van der Waals surface area contributed by atoms with Gasteiger partial charge < -0.3 is 10.1 Å². The van der Waals surface area contributed by atoms with Crippen molar-refractivity contribution in [2.45, 2.75) is 38.3 Å². The summed E-state index contributed by atoms with van der Waals surface area (Å²) in [5.74, 6) is 1.08. The predicted molar refractivity (Wildman–Crippen MR) is 65.2 cm³/mol. The molecule has 16 heavy (non-hydrogen) atoms. The molecule has 2 atom stereocenters. The molecule has 0 saturated carbocycles. The van der Waals surface area contributed by atoms with E-state index in [4.69, 9.17) is 16.3 Å². The average molecular weight is 238 g/mol. The van der Waals surface area contributed by atoms with E-state index in [2.05, 4.69) is 18.3 Å². The lowest BCUT2D eigenvalue weighted by Crippen LogP contribution is -2.14. The van der Waals surface area contributed by atoms with Crippen LogP contribution >= 0.6 is 11.6 Å². The van der Waals surface area contributed by atoms with Gasteiger partial charge in [0.25, 0.3) is 0 Å². The maximum atomic E-state index is 6.17. The molecule has 1 aromatic carbocycles.